The number of amides is 4. The lowest BCUT2D eigenvalue weighted by atomic mass is 9.77. The van der Waals surface area contributed by atoms with Crippen molar-refractivity contribution in [2.75, 3.05) is 78.9 Å². The van der Waals surface area contributed by atoms with Gasteiger partial charge in [0.25, 0.3) is 0 Å². The van der Waals surface area contributed by atoms with Gasteiger partial charge in [0.1, 0.15) is 37.9 Å². The second-order valence-corrected chi connectivity index (χ2v) is 36.6. The van der Waals surface area contributed by atoms with Crippen molar-refractivity contribution in [3.05, 3.63) is 126 Å². The first-order valence-electron chi connectivity index (χ1n) is 44.7. The van der Waals surface area contributed by atoms with E-state index in [9.17, 15) is 19.2 Å². The van der Waals surface area contributed by atoms with Crippen LogP contribution in [0.1, 0.15) is 395 Å². The van der Waals surface area contributed by atoms with Crippen LogP contribution >= 0.6 is 0 Å². The summed E-state index contributed by atoms with van der Waals surface area (Å²) < 4.78 is 26.5. The van der Waals surface area contributed by atoms with Gasteiger partial charge in [-0.2, -0.15) is 0 Å². The van der Waals surface area contributed by atoms with Crippen LogP contribution in [0.4, 0.5) is 0 Å². The summed E-state index contributed by atoms with van der Waals surface area (Å²) in [6, 6.07) is 19.7. The summed E-state index contributed by atoms with van der Waals surface area (Å²) in [5.74, 6) is 1.46. The molecule has 8 bridgehead atoms. The van der Waals surface area contributed by atoms with Crippen LogP contribution in [-0.2, 0) is 88.8 Å². The van der Waals surface area contributed by atoms with E-state index in [1.54, 1.807) is 0 Å². The number of hydrogen-bond donors (Lipinski definition) is 2. The van der Waals surface area contributed by atoms with Gasteiger partial charge < -0.3 is 39.4 Å². The normalized spacial score (nSPS) is 12.7. The molecule has 0 saturated heterocycles. The molecule has 4 aromatic rings. The maximum atomic E-state index is 13.8. The van der Waals surface area contributed by atoms with Crippen molar-refractivity contribution in [1.82, 2.24) is 20.4 Å². The Morgan fingerprint density at radius 2 is 0.545 bits per heavy atom. The summed E-state index contributed by atoms with van der Waals surface area (Å²) in [7, 11) is 0. The summed E-state index contributed by atoms with van der Waals surface area (Å²) in [5.41, 5.74) is 16.7. The molecule has 0 aliphatic heterocycles. The Morgan fingerprint density at radius 3 is 0.791 bits per heavy atom. The quantitative estimate of drug-likeness (QED) is 0.0368. The summed E-state index contributed by atoms with van der Waals surface area (Å²) in [5, 5.41) is 6.45. The molecule has 12 heteroatoms. The molecule has 110 heavy (non-hydrogen) atoms. The van der Waals surface area contributed by atoms with Crippen molar-refractivity contribution >= 4 is 23.6 Å². The molecule has 2 N–H and O–H groups in total. The van der Waals surface area contributed by atoms with Crippen molar-refractivity contribution in [3.8, 4) is 11.5 Å². The molecule has 1 aliphatic carbocycles. The molecule has 0 radical (unpaired) electrons. The Bertz CT molecular complexity index is 2990. The van der Waals surface area contributed by atoms with Crippen molar-refractivity contribution in [3.63, 3.8) is 0 Å². The molecule has 4 aromatic carbocycles. The van der Waals surface area contributed by atoms with Crippen LogP contribution in [0.15, 0.2) is 48.5 Å². The van der Waals surface area contributed by atoms with E-state index in [1.807, 2.05) is 9.80 Å². The molecule has 0 fully saturated rings. The molecule has 0 unspecified atom stereocenters. The minimum Gasteiger partial charge on any atom is -0.493 e. The number of nitrogens with zero attached hydrogens (tertiary/aromatic N) is 2. The van der Waals surface area contributed by atoms with Gasteiger partial charge in [0, 0.05) is 65.0 Å². The summed E-state index contributed by atoms with van der Waals surface area (Å²) in [6.07, 6.45) is 37.4. The van der Waals surface area contributed by atoms with Crippen LogP contribution in [0.3, 0.4) is 0 Å². The van der Waals surface area contributed by atoms with Crippen molar-refractivity contribution in [2.45, 2.75) is 377 Å². The molecule has 0 spiro atoms. The summed E-state index contributed by atoms with van der Waals surface area (Å²) in [4.78, 5) is 59.2. The highest BCUT2D eigenvalue weighted by Crippen LogP contribution is 2.43. The first-order chi connectivity index (χ1) is 52.6. The third kappa shape index (κ3) is 34.5. The second kappa shape index (κ2) is 50.5. The molecule has 5 rings (SSSR count). The number of carbonyl (C=O) groups is 4. The van der Waals surface area contributed by atoms with Gasteiger partial charge in [-0.05, 0) is 164 Å². The molecular formula is C98H160N4O8. The van der Waals surface area contributed by atoms with E-state index < -0.39 is 0 Å². The Hall–Kier alpha value is -5.72. The molecule has 620 valence electrons. The summed E-state index contributed by atoms with van der Waals surface area (Å²) in [6.45, 7) is 45.9. The van der Waals surface area contributed by atoms with Gasteiger partial charge in [-0.1, -0.05) is 314 Å². The average Bonchev–Trinajstić information content (AvgIpc) is 0.762. The van der Waals surface area contributed by atoms with Gasteiger partial charge in [0.05, 0.1) is 13.2 Å². The lowest BCUT2D eigenvalue weighted by Gasteiger charge is -2.29. The minimum atomic E-state index is -0.207. The third-order valence-electron chi connectivity index (χ3n) is 22.4. The van der Waals surface area contributed by atoms with Gasteiger partial charge in [0.2, 0.25) is 23.6 Å². The van der Waals surface area contributed by atoms with E-state index in [2.05, 4.69) is 184 Å². The first-order valence-corrected chi connectivity index (χ1v) is 44.7. The lowest BCUT2D eigenvalue weighted by molar-refractivity contribution is -0.139. The number of benzene rings is 4. The van der Waals surface area contributed by atoms with Crippen LogP contribution in [0, 0.1) is 0 Å². The Balaban J connectivity index is 1.59. The highest BCUT2D eigenvalue weighted by Gasteiger charge is 2.30. The zero-order chi connectivity index (χ0) is 80.5. The molecule has 0 aromatic heterocycles. The number of fused-ring (bicyclic) bond motifs is 8. The maximum Gasteiger partial charge on any atom is 0.248 e. The van der Waals surface area contributed by atoms with Gasteiger partial charge in [-0.15, -0.1) is 0 Å². The third-order valence-corrected chi connectivity index (χ3v) is 22.4. The fourth-order valence-electron chi connectivity index (χ4n) is 15.3. The van der Waals surface area contributed by atoms with Gasteiger partial charge in [-0.3, -0.25) is 19.2 Å². The van der Waals surface area contributed by atoms with Gasteiger partial charge >= 0.3 is 0 Å². The maximum absolute atomic E-state index is 13.8. The standard InChI is InChI=1S/C98H160N4O8/c1-19-25-31-35-39-43-53-101(54-44-40-36-32-26-20-2)91(105)73-107-71-89(103)99-51-47-49-87-75-59-79-67-85(97(13,14)15)69-81(93(79)109-57-29-23-5)61-77-65-84(96(10,11)12)66-78(62-82-70-86(98(16,17)18)68-80(94(82)110-58-30-24-6)60-76(87)64-83(63-75)95(7,8)9)88(77)50-48-52-100-90(104)72-108-74-92(106)102(55-45-41-37-33-27-21-3)56-46-42-38-34-28-22-4/h63-70H,19-62,71-74H2,1-18H3,(H,99,103)(H,100,104). The predicted octanol–water partition coefficient (Wildman–Crippen LogP) is 23.1. The zero-order valence-electron chi connectivity index (χ0n) is 73.7. The number of carbonyl (C=O) groups excluding carboxylic acids is 4. The topological polar surface area (TPSA) is 136 Å². The van der Waals surface area contributed by atoms with E-state index in [4.69, 9.17) is 18.9 Å². The molecular weight excluding hydrogens is 1360 g/mol. The van der Waals surface area contributed by atoms with E-state index in [1.165, 1.54) is 181 Å². The van der Waals surface area contributed by atoms with E-state index in [-0.39, 0.29) is 71.7 Å². The monoisotopic (exact) mass is 1520 g/mol. The fraction of sp³-hybridized carbons (Fsp3) is 0.714. The van der Waals surface area contributed by atoms with Gasteiger partial charge in [-0.25, -0.2) is 0 Å². The number of unbranched alkanes of at least 4 members (excludes halogenated alkanes) is 22. The van der Waals surface area contributed by atoms with E-state index in [0.717, 1.165) is 128 Å². The molecule has 1 aliphatic rings. The number of hydrogen-bond acceptors (Lipinski definition) is 8. The van der Waals surface area contributed by atoms with Crippen LogP contribution in [-0.4, -0.2) is 112 Å². The SMILES string of the molecule is CCCCCCCCN(CCCCCCCC)C(=O)COCC(=O)NCCCc1c2cc(C(C)(C)C)cc1Cc1cc(C(C)(C)C)cc(c1OCCCC)Cc1cc(C(C)(C)C)cc(c1CCCNC(=O)COCC(=O)N(CCCCCCCC)CCCCCCCC)Cc1cc(C(C)(C)C)cc(c1OCCCC)C2. The number of ether oxygens (including phenoxy) is 4. The molecule has 0 heterocycles. The van der Waals surface area contributed by atoms with Crippen LogP contribution in [0.25, 0.3) is 0 Å². The molecule has 0 atom stereocenters. The number of nitrogens with one attached hydrogen (secondary N) is 2. The average molecular weight is 1520 g/mol. The number of rotatable bonds is 52. The van der Waals surface area contributed by atoms with Crippen LogP contribution in [0.5, 0.6) is 11.5 Å². The minimum absolute atomic E-state index is 0.0234. The Labute approximate surface area is 672 Å². The molecule has 12 nitrogen and oxygen atoms in total. The Morgan fingerprint density at radius 1 is 0.309 bits per heavy atom. The second-order valence-electron chi connectivity index (χ2n) is 36.6. The van der Waals surface area contributed by atoms with Crippen molar-refractivity contribution in [1.29, 1.82) is 0 Å². The van der Waals surface area contributed by atoms with E-state index >= 15 is 0 Å². The van der Waals surface area contributed by atoms with E-state index in [0.29, 0.717) is 64.8 Å². The first kappa shape index (κ1) is 94.9. The highest BCUT2D eigenvalue weighted by molar-refractivity contribution is 5.80. The smallest absolute Gasteiger partial charge is 0.248 e. The fourth-order valence-corrected chi connectivity index (χ4v) is 15.3. The Kier molecular flexibility index (Phi) is 43.5. The highest BCUT2D eigenvalue weighted by atomic mass is 16.5. The summed E-state index contributed by atoms with van der Waals surface area (Å²) >= 11 is 0. The largest absolute Gasteiger partial charge is 0.493 e. The van der Waals surface area contributed by atoms with Crippen molar-refractivity contribution < 1.29 is 38.1 Å². The lowest BCUT2D eigenvalue weighted by Crippen LogP contribution is -2.37. The predicted molar refractivity (Wildman–Crippen MR) is 464 cm³/mol. The van der Waals surface area contributed by atoms with Crippen LogP contribution in [0.2, 0.25) is 0 Å². The zero-order valence-corrected chi connectivity index (χ0v) is 73.7. The van der Waals surface area contributed by atoms with Crippen LogP contribution < -0.4 is 20.1 Å². The van der Waals surface area contributed by atoms with Gasteiger partial charge in [0.15, 0.2) is 0 Å². The van der Waals surface area contributed by atoms with Crippen molar-refractivity contribution in [2.24, 2.45) is 0 Å². The molecule has 0 saturated carbocycles. The molecule has 4 amide bonds.